The van der Waals surface area contributed by atoms with Crippen LogP contribution >= 0.6 is 0 Å². The van der Waals surface area contributed by atoms with E-state index >= 15 is 0 Å². The smallest absolute Gasteiger partial charge is 0.342 e. The maximum Gasteiger partial charge on any atom is 0.342 e. The second-order valence-electron chi connectivity index (χ2n) is 4.34. The minimum Gasteiger partial charge on any atom is -0.402 e. The van der Waals surface area contributed by atoms with Gasteiger partial charge in [0.25, 0.3) is 0 Å². The minimum absolute atomic E-state index is 0.226. The summed E-state index contributed by atoms with van der Waals surface area (Å²) in [5.41, 5.74) is 8.01. The van der Waals surface area contributed by atoms with Crippen molar-refractivity contribution in [1.82, 2.24) is 24.5 Å². The molecular formula is C13H14N6O. The summed E-state index contributed by atoms with van der Waals surface area (Å²) in [6.45, 7) is 1.82. The van der Waals surface area contributed by atoms with Crippen LogP contribution in [0.5, 0.6) is 11.9 Å². The van der Waals surface area contributed by atoms with E-state index in [4.69, 9.17) is 10.5 Å². The largest absolute Gasteiger partial charge is 0.402 e. The molecule has 0 bridgehead atoms. The van der Waals surface area contributed by atoms with Crippen molar-refractivity contribution in [3.8, 4) is 17.6 Å². The summed E-state index contributed by atoms with van der Waals surface area (Å²) in [4.78, 5) is 4.11. The number of benzene rings is 1. The number of nitrogens with zero attached hydrogens (tertiary/aromatic N) is 5. The van der Waals surface area contributed by atoms with Gasteiger partial charge in [0.15, 0.2) is 0 Å². The first-order chi connectivity index (χ1) is 9.65. The highest BCUT2D eigenvalue weighted by molar-refractivity contribution is 5.53. The van der Waals surface area contributed by atoms with Crippen LogP contribution in [0.1, 0.15) is 5.69 Å². The molecule has 7 nitrogen and oxygen atoms in total. The van der Waals surface area contributed by atoms with Crippen LogP contribution in [-0.4, -0.2) is 24.5 Å². The third kappa shape index (κ3) is 2.09. The summed E-state index contributed by atoms with van der Waals surface area (Å²) >= 11 is 0. The Kier molecular flexibility index (Phi) is 2.86. The van der Waals surface area contributed by atoms with Gasteiger partial charge in [0.05, 0.1) is 11.4 Å². The highest BCUT2D eigenvalue weighted by Gasteiger charge is 2.14. The van der Waals surface area contributed by atoms with Crippen molar-refractivity contribution in [3.63, 3.8) is 0 Å². The van der Waals surface area contributed by atoms with Crippen LogP contribution in [0.15, 0.2) is 36.7 Å². The number of nitrogen functional groups attached to an aromatic ring is 1. The van der Waals surface area contributed by atoms with E-state index in [0.717, 1.165) is 5.69 Å². The zero-order valence-corrected chi connectivity index (χ0v) is 11.2. The number of aryl methyl sites for hydroxylation is 2. The number of anilines is 1. The zero-order valence-electron chi connectivity index (χ0n) is 11.2. The van der Waals surface area contributed by atoms with E-state index in [1.54, 1.807) is 22.7 Å². The molecule has 2 aromatic heterocycles. The summed E-state index contributed by atoms with van der Waals surface area (Å²) in [5, 5.41) is 8.43. The quantitative estimate of drug-likeness (QED) is 0.782. The summed E-state index contributed by atoms with van der Waals surface area (Å²) in [6.07, 6.45) is 1.59. The van der Waals surface area contributed by atoms with Gasteiger partial charge in [-0.1, -0.05) is 18.2 Å². The molecule has 0 fully saturated rings. The van der Waals surface area contributed by atoms with Crippen molar-refractivity contribution in [2.45, 2.75) is 6.92 Å². The fourth-order valence-electron chi connectivity index (χ4n) is 1.86. The lowest BCUT2D eigenvalue weighted by Gasteiger charge is -2.02. The number of rotatable bonds is 3. The van der Waals surface area contributed by atoms with Crippen molar-refractivity contribution in [1.29, 1.82) is 0 Å². The van der Waals surface area contributed by atoms with Crippen LogP contribution in [0, 0.1) is 6.92 Å². The summed E-state index contributed by atoms with van der Waals surface area (Å²) in [7, 11) is 1.76. The molecule has 1 aromatic carbocycles. The molecule has 0 atom stereocenters. The van der Waals surface area contributed by atoms with Gasteiger partial charge in [-0.25, -0.2) is 9.36 Å². The lowest BCUT2D eigenvalue weighted by Crippen LogP contribution is -1.99. The maximum atomic E-state index is 5.90. The van der Waals surface area contributed by atoms with Crippen molar-refractivity contribution < 1.29 is 4.74 Å². The fourth-order valence-corrected chi connectivity index (χ4v) is 1.86. The maximum absolute atomic E-state index is 5.90. The van der Waals surface area contributed by atoms with E-state index in [9.17, 15) is 0 Å². The molecule has 20 heavy (non-hydrogen) atoms. The van der Waals surface area contributed by atoms with E-state index in [1.807, 2.05) is 37.3 Å². The molecule has 0 amide bonds. The molecule has 102 valence electrons. The number of nitrogens with two attached hydrogens (primary N) is 1. The first-order valence-electron chi connectivity index (χ1n) is 6.09. The van der Waals surface area contributed by atoms with Crippen LogP contribution in [0.25, 0.3) is 5.69 Å². The van der Waals surface area contributed by atoms with Crippen molar-refractivity contribution in [2.75, 3.05) is 5.73 Å². The predicted molar refractivity (Wildman–Crippen MR) is 73.8 cm³/mol. The number of para-hydroxylation sites is 1. The Bertz CT molecular complexity index is 731. The molecule has 2 N–H and O–H groups in total. The van der Waals surface area contributed by atoms with Gasteiger partial charge >= 0.3 is 6.01 Å². The Morgan fingerprint density at radius 3 is 2.55 bits per heavy atom. The molecular weight excluding hydrogens is 256 g/mol. The molecule has 0 aliphatic rings. The number of ether oxygens (including phenoxy) is 1. The van der Waals surface area contributed by atoms with Crippen molar-refractivity contribution in [2.24, 2.45) is 7.05 Å². The zero-order chi connectivity index (χ0) is 14.1. The molecule has 0 radical (unpaired) electrons. The number of hydrogen-bond acceptors (Lipinski definition) is 5. The molecule has 0 aliphatic heterocycles. The lowest BCUT2D eigenvalue weighted by atomic mass is 10.3. The molecule has 2 heterocycles. The normalized spacial score (nSPS) is 10.7. The van der Waals surface area contributed by atoms with Crippen LogP contribution in [-0.2, 0) is 7.05 Å². The Balaban J connectivity index is 1.88. The Labute approximate surface area is 115 Å². The van der Waals surface area contributed by atoms with E-state index in [-0.39, 0.29) is 6.01 Å². The van der Waals surface area contributed by atoms with Crippen molar-refractivity contribution >= 4 is 5.69 Å². The molecule has 7 heteroatoms. The number of hydrogen-bond donors (Lipinski definition) is 1. The molecule has 0 unspecified atom stereocenters. The fraction of sp³-hybridized carbons (Fsp3) is 0.154. The Hall–Kier alpha value is -2.83. The van der Waals surface area contributed by atoms with Crippen LogP contribution in [0.3, 0.4) is 0 Å². The average molecular weight is 270 g/mol. The first kappa shape index (κ1) is 12.2. The first-order valence-corrected chi connectivity index (χ1v) is 6.09. The van der Waals surface area contributed by atoms with Gasteiger partial charge in [0.2, 0.25) is 5.88 Å². The van der Waals surface area contributed by atoms with E-state index in [1.165, 1.54) is 0 Å². The highest BCUT2D eigenvalue weighted by atomic mass is 16.5. The van der Waals surface area contributed by atoms with Gasteiger partial charge in [-0.2, -0.15) is 10.1 Å². The molecule has 3 aromatic rings. The van der Waals surface area contributed by atoms with Crippen molar-refractivity contribution in [3.05, 3.63) is 42.4 Å². The van der Waals surface area contributed by atoms with Crippen LogP contribution in [0.4, 0.5) is 5.69 Å². The van der Waals surface area contributed by atoms with E-state index < -0.39 is 0 Å². The summed E-state index contributed by atoms with van der Waals surface area (Å²) in [5.74, 6) is 0.438. The van der Waals surface area contributed by atoms with Gasteiger partial charge in [-0.3, -0.25) is 0 Å². The third-order valence-electron chi connectivity index (χ3n) is 2.89. The van der Waals surface area contributed by atoms with Crippen LogP contribution < -0.4 is 10.5 Å². The molecule has 0 saturated carbocycles. The molecule has 3 rings (SSSR count). The van der Waals surface area contributed by atoms with E-state index in [2.05, 4.69) is 15.2 Å². The van der Waals surface area contributed by atoms with Gasteiger partial charge in [0, 0.05) is 7.05 Å². The lowest BCUT2D eigenvalue weighted by molar-refractivity contribution is 0.400. The standard InChI is InChI=1S/C13H14N6O/c1-9-11(14)12(18(2)16-9)20-13-15-8-19(17-13)10-6-4-3-5-7-10/h3-8H,14H2,1-2H3. The monoisotopic (exact) mass is 270 g/mol. The molecule has 0 saturated heterocycles. The van der Waals surface area contributed by atoms with Crippen LogP contribution in [0.2, 0.25) is 0 Å². The summed E-state index contributed by atoms with van der Waals surface area (Å²) < 4.78 is 8.79. The Morgan fingerprint density at radius 1 is 1.15 bits per heavy atom. The topological polar surface area (TPSA) is 83.8 Å². The SMILES string of the molecule is Cc1nn(C)c(Oc2ncn(-c3ccccc3)n2)c1N. The average Bonchev–Trinajstić information content (AvgIpc) is 3.01. The van der Waals surface area contributed by atoms with Gasteiger partial charge < -0.3 is 10.5 Å². The highest BCUT2D eigenvalue weighted by Crippen LogP contribution is 2.27. The second-order valence-corrected chi connectivity index (χ2v) is 4.34. The minimum atomic E-state index is 0.226. The number of aromatic nitrogens is 5. The Morgan fingerprint density at radius 2 is 1.90 bits per heavy atom. The third-order valence-corrected chi connectivity index (χ3v) is 2.89. The van der Waals surface area contributed by atoms with E-state index in [0.29, 0.717) is 17.3 Å². The second kappa shape index (κ2) is 4.69. The van der Waals surface area contributed by atoms with Gasteiger partial charge in [0.1, 0.15) is 12.0 Å². The predicted octanol–water partition coefficient (Wildman–Crippen LogP) is 1.68. The summed E-state index contributed by atoms with van der Waals surface area (Å²) in [6, 6.07) is 9.89. The molecule has 0 aliphatic carbocycles. The van der Waals surface area contributed by atoms with Gasteiger partial charge in [-0.15, -0.1) is 5.10 Å². The molecule has 0 spiro atoms. The van der Waals surface area contributed by atoms with Gasteiger partial charge in [-0.05, 0) is 19.1 Å².